The van der Waals surface area contributed by atoms with Gasteiger partial charge in [-0.2, -0.15) is 0 Å². The van der Waals surface area contributed by atoms with E-state index in [1.54, 1.807) is 11.3 Å². The number of carboxylic acids is 1. The molecule has 100 valence electrons. The number of aromatic nitrogens is 2. The summed E-state index contributed by atoms with van der Waals surface area (Å²) in [5.74, 6) is -0.611. The van der Waals surface area contributed by atoms with E-state index in [0.717, 1.165) is 5.56 Å². The topological polar surface area (TPSA) is 75.1 Å². The summed E-state index contributed by atoms with van der Waals surface area (Å²) in [6.45, 7) is 0.595. The Hall–Kier alpha value is -2.47. The number of carboxylic acid groups (broad SMARTS) is 1. The van der Waals surface area contributed by atoms with Crippen LogP contribution in [0.3, 0.4) is 0 Å². The Balaban J connectivity index is 1.70. The van der Waals surface area contributed by atoms with Crippen molar-refractivity contribution < 1.29 is 9.90 Å². The van der Waals surface area contributed by atoms with Crippen molar-refractivity contribution in [3.05, 3.63) is 53.2 Å². The Bertz CT molecular complexity index is 752. The zero-order chi connectivity index (χ0) is 13.9. The van der Waals surface area contributed by atoms with E-state index < -0.39 is 5.97 Å². The Morgan fingerprint density at radius 2 is 2.05 bits per heavy atom. The van der Waals surface area contributed by atoms with Gasteiger partial charge in [0.1, 0.15) is 0 Å². The first-order chi connectivity index (χ1) is 9.72. The third-order valence-electron chi connectivity index (χ3n) is 2.87. The molecule has 6 heteroatoms. The molecule has 3 aromatic rings. The first-order valence-electron chi connectivity index (χ1n) is 5.98. The van der Waals surface area contributed by atoms with Crippen LogP contribution in [-0.2, 0) is 6.54 Å². The minimum atomic E-state index is -1.03. The van der Waals surface area contributed by atoms with Gasteiger partial charge in [-0.05, 0) is 34.5 Å². The molecule has 0 amide bonds. The molecule has 0 aliphatic carbocycles. The number of hydrogen-bond donors (Lipinski definition) is 2. The summed E-state index contributed by atoms with van der Waals surface area (Å²) in [5.41, 5.74) is 1.21. The molecule has 0 saturated heterocycles. The molecule has 20 heavy (non-hydrogen) atoms. The summed E-state index contributed by atoms with van der Waals surface area (Å²) >= 11 is 1.71. The van der Waals surface area contributed by atoms with E-state index in [9.17, 15) is 4.79 Å². The van der Waals surface area contributed by atoms with Crippen LogP contribution in [0.2, 0.25) is 0 Å². The number of nitrogens with one attached hydrogen (secondary N) is 1. The lowest BCUT2D eigenvalue weighted by molar-refractivity contribution is 0.0696. The predicted molar refractivity (Wildman–Crippen MR) is 78.1 cm³/mol. The van der Waals surface area contributed by atoms with Gasteiger partial charge in [0.25, 0.3) is 0 Å². The monoisotopic (exact) mass is 285 g/mol. The number of nitrogens with zero attached hydrogens (tertiary/aromatic N) is 2. The predicted octanol–water partition coefficient (Wildman–Crippen LogP) is 3.00. The molecule has 0 bridgehead atoms. The molecule has 0 aliphatic rings. The van der Waals surface area contributed by atoms with Gasteiger partial charge in [0.05, 0.1) is 5.56 Å². The molecule has 0 atom stereocenters. The average molecular weight is 285 g/mol. The summed E-state index contributed by atoms with van der Waals surface area (Å²) in [7, 11) is 0. The van der Waals surface area contributed by atoms with Crippen LogP contribution in [0.1, 0.15) is 15.9 Å². The van der Waals surface area contributed by atoms with E-state index in [-0.39, 0.29) is 5.56 Å². The molecule has 2 N–H and O–H groups in total. The molecule has 0 saturated carbocycles. The van der Waals surface area contributed by atoms with Gasteiger partial charge in [0.2, 0.25) is 5.95 Å². The van der Waals surface area contributed by atoms with Gasteiger partial charge in [-0.3, -0.25) is 0 Å². The number of carbonyl (C=O) groups is 1. The fraction of sp³-hybridized carbons (Fsp3) is 0.0714. The first kappa shape index (κ1) is 12.6. The fourth-order valence-corrected chi connectivity index (χ4v) is 2.61. The van der Waals surface area contributed by atoms with Gasteiger partial charge in [0.15, 0.2) is 0 Å². The highest BCUT2D eigenvalue weighted by molar-refractivity contribution is 7.17. The van der Waals surface area contributed by atoms with E-state index in [1.807, 2.05) is 0 Å². The number of thiophene rings is 1. The average Bonchev–Trinajstić information content (AvgIpc) is 2.93. The molecule has 5 nitrogen and oxygen atoms in total. The Labute approximate surface area is 118 Å². The van der Waals surface area contributed by atoms with E-state index in [1.165, 1.54) is 22.5 Å². The molecular weight excluding hydrogens is 274 g/mol. The van der Waals surface area contributed by atoms with E-state index in [0.29, 0.717) is 12.5 Å². The van der Waals surface area contributed by atoms with Crippen LogP contribution in [0.15, 0.2) is 42.0 Å². The van der Waals surface area contributed by atoms with Crippen LogP contribution in [-0.4, -0.2) is 21.0 Å². The van der Waals surface area contributed by atoms with Crippen molar-refractivity contribution in [2.45, 2.75) is 6.54 Å². The molecule has 2 heterocycles. The van der Waals surface area contributed by atoms with Crippen molar-refractivity contribution >= 4 is 33.3 Å². The molecule has 3 rings (SSSR count). The second-order valence-corrected chi connectivity index (χ2v) is 5.19. The van der Waals surface area contributed by atoms with Crippen molar-refractivity contribution in [1.29, 1.82) is 0 Å². The van der Waals surface area contributed by atoms with Gasteiger partial charge in [0, 0.05) is 23.6 Å². The van der Waals surface area contributed by atoms with Crippen LogP contribution >= 0.6 is 11.3 Å². The zero-order valence-corrected chi connectivity index (χ0v) is 11.2. The highest BCUT2D eigenvalue weighted by Gasteiger charge is 2.04. The van der Waals surface area contributed by atoms with Crippen LogP contribution in [0.4, 0.5) is 5.95 Å². The number of anilines is 1. The highest BCUT2D eigenvalue weighted by Crippen LogP contribution is 2.21. The Morgan fingerprint density at radius 3 is 2.80 bits per heavy atom. The summed E-state index contributed by atoms with van der Waals surface area (Å²) in [5, 5.41) is 15.1. The minimum absolute atomic E-state index is 0.0789. The van der Waals surface area contributed by atoms with Gasteiger partial charge in [-0.15, -0.1) is 11.3 Å². The van der Waals surface area contributed by atoms with E-state index in [2.05, 4.69) is 44.9 Å². The standard InChI is InChI=1S/C14H11N3O2S/c18-13(19)11-7-16-14(17-8-11)15-6-9-1-2-12-10(5-9)3-4-20-12/h1-5,7-8H,6H2,(H,18,19)(H,15,16,17). The van der Waals surface area contributed by atoms with Crippen LogP contribution in [0, 0.1) is 0 Å². The largest absolute Gasteiger partial charge is 0.478 e. The SMILES string of the molecule is O=C(O)c1cnc(NCc2ccc3sccc3c2)nc1. The molecule has 2 aromatic heterocycles. The zero-order valence-electron chi connectivity index (χ0n) is 10.4. The van der Waals surface area contributed by atoms with Crippen LogP contribution in [0.5, 0.6) is 0 Å². The van der Waals surface area contributed by atoms with Gasteiger partial charge < -0.3 is 10.4 Å². The van der Waals surface area contributed by atoms with Crippen LogP contribution < -0.4 is 5.32 Å². The summed E-state index contributed by atoms with van der Waals surface area (Å²) in [6, 6.07) is 8.34. The van der Waals surface area contributed by atoms with Gasteiger partial charge in [-0.25, -0.2) is 14.8 Å². The number of rotatable bonds is 4. The molecule has 0 radical (unpaired) electrons. The van der Waals surface area contributed by atoms with Crippen molar-refractivity contribution in [2.75, 3.05) is 5.32 Å². The maximum atomic E-state index is 10.7. The summed E-state index contributed by atoms with van der Waals surface area (Å²) in [4.78, 5) is 18.6. The fourth-order valence-electron chi connectivity index (χ4n) is 1.84. The number of fused-ring (bicyclic) bond motifs is 1. The Kier molecular flexibility index (Phi) is 3.30. The second kappa shape index (κ2) is 5.26. The van der Waals surface area contributed by atoms with Gasteiger partial charge >= 0.3 is 5.97 Å². The third-order valence-corrected chi connectivity index (χ3v) is 3.76. The maximum Gasteiger partial charge on any atom is 0.338 e. The number of hydrogen-bond acceptors (Lipinski definition) is 5. The Morgan fingerprint density at radius 1 is 1.25 bits per heavy atom. The van der Waals surface area contributed by atoms with Crippen LogP contribution in [0.25, 0.3) is 10.1 Å². The lowest BCUT2D eigenvalue weighted by Gasteiger charge is -2.05. The molecule has 0 aliphatic heterocycles. The van der Waals surface area contributed by atoms with Crippen molar-refractivity contribution in [3.63, 3.8) is 0 Å². The lowest BCUT2D eigenvalue weighted by Crippen LogP contribution is -2.05. The van der Waals surface area contributed by atoms with Crippen molar-refractivity contribution in [1.82, 2.24) is 9.97 Å². The van der Waals surface area contributed by atoms with Crippen molar-refractivity contribution in [2.24, 2.45) is 0 Å². The lowest BCUT2D eigenvalue weighted by atomic mass is 10.2. The second-order valence-electron chi connectivity index (χ2n) is 4.25. The number of benzene rings is 1. The van der Waals surface area contributed by atoms with E-state index in [4.69, 9.17) is 5.11 Å². The molecular formula is C14H11N3O2S. The summed E-state index contributed by atoms with van der Waals surface area (Å²) in [6.07, 6.45) is 2.58. The minimum Gasteiger partial charge on any atom is -0.478 e. The van der Waals surface area contributed by atoms with E-state index >= 15 is 0 Å². The molecule has 0 spiro atoms. The summed E-state index contributed by atoms with van der Waals surface area (Å²) < 4.78 is 1.26. The maximum absolute atomic E-state index is 10.7. The third kappa shape index (κ3) is 2.60. The molecule has 0 unspecified atom stereocenters. The molecule has 1 aromatic carbocycles. The van der Waals surface area contributed by atoms with Crippen molar-refractivity contribution in [3.8, 4) is 0 Å². The number of aromatic carboxylic acids is 1. The van der Waals surface area contributed by atoms with Gasteiger partial charge in [-0.1, -0.05) is 6.07 Å². The normalized spacial score (nSPS) is 10.6. The molecule has 0 fully saturated rings. The first-order valence-corrected chi connectivity index (χ1v) is 6.86. The highest BCUT2D eigenvalue weighted by atomic mass is 32.1. The smallest absolute Gasteiger partial charge is 0.338 e. The quantitative estimate of drug-likeness (QED) is 0.770.